The Balaban J connectivity index is 1.74. The van der Waals surface area contributed by atoms with E-state index in [2.05, 4.69) is 35.2 Å². The van der Waals surface area contributed by atoms with E-state index >= 15 is 0 Å². The van der Waals surface area contributed by atoms with Crippen molar-refractivity contribution in [2.45, 2.75) is 18.7 Å². The van der Waals surface area contributed by atoms with Crippen molar-refractivity contribution in [3.05, 3.63) is 71.3 Å². The molecule has 0 radical (unpaired) electrons. The minimum absolute atomic E-state index is 0.299. The van der Waals surface area contributed by atoms with Crippen LogP contribution in [0, 0.1) is 6.92 Å². The molecule has 0 amide bonds. The lowest BCUT2D eigenvalue weighted by Crippen LogP contribution is -2.32. The fraction of sp³-hybridized carbons (Fsp3) is 0.263. The van der Waals surface area contributed by atoms with Gasteiger partial charge < -0.3 is 5.32 Å². The molecule has 0 fully saturated rings. The lowest BCUT2D eigenvalue weighted by molar-refractivity contribution is 0.578. The fourth-order valence-electron chi connectivity index (χ4n) is 2.24. The largest absolute Gasteiger partial charge is 0.312 e. The summed E-state index contributed by atoms with van der Waals surface area (Å²) >= 11 is 0. The molecular weight excluding hydrogens is 320 g/mol. The maximum Gasteiger partial charge on any atom is 0.240 e. The summed E-state index contributed by atoms with van der Waals surface area (Å²) in [6.45, 7) is 5.64. The average molecular weight is 344 g/mol. The van der Waals surface area contributed by atoms with E-state index < -0.39 is 10.0 Å². The maximum atomic E-state index is 12.1. The standard InChI is InChI=1S/C19H24N2O2S/c1-16-8-10-19(11-9-16)24(22,23)21-13-12-20-15-17(2)14-18-6-4-3-5-7-18/h3-11,14,20-21H,12-13,15H2,1-2H3/b17-14-. The predicted octanol–water partition coefficient (Wildman–Crippen LogP) is 2.97. The van der Waals surface area contributed by atoms with Crippen LogP contribution in [0.1, 0.15) is 18.1 Å². The Hall–Kier alpha value is -1.95. The first kappa shape index (κ1) is 18.4. The number of benzene rings is 2. The molecule has 0 unspecified atom stereocenters. The van der Waals surface area contributed by atoms with E-state index in [0.29, 0.717) is 18.0 Å². The van der Waals surface area contributed by atoms with Gasteiger partial charge in [-0.2, -0.15) is 0 Å². The molecule has 2 aromatic carbocycles. The number of hydrogen-bond donors (Lipinski definition) is 2. The molecule has 24 heavy (non-hydrogen) atoms. The second kappa shape index (κ2) is 8.78. The minimum Gasteiger partial charge on any atom is -0.312 e. The summed E-state index contributed by atoms with van der Waals surface area (Å²) in [7, 11) is -3.43. The minimum atomic E-state index is -3.43. The van der Waals surface area contributed by atoms with Crippen LogP contribution in [0.15, 0.2) is 65.1 Å². The number of nitrogens with one attached hydrogen (secondary N) is 2. The third-order valence-electron chi connectivity index (χ3n) is 3.54. The maximum absolute atomic E-state index is 12.1. The molecule has 0 saturated heterocycles. The topological polar surface area (TPSA) is 58.2 Å². The van der Waals surface area contributed by atoms with Crippen molar-refractivity contribution in [3.63, 3.8) is 0 Å². The summed E-state index contributed by atoms with van der Waals surface area (Å²) in [4.78, 5) is 0.299. The first-order valence-corrected chi connectivity index (χ1v) is 9.45. The van der Waals surface area contributed by atoms with Crippen LogP contribution in [0.25, 0.3) is 6.08 Å². The summed E-state index contributed by atoms with van der Waals surface area (Å²) in [6, 6.07) is 17.0. The SMILES string of the molecule is C/C(=C/c1ccccc1)CNCCNS(=O)(=O)c1ccc(C)cc1. The summed E-state index contributed by atoms with van der Waals surface area (Å²) in [5.74, 6) is 0. The lowest BCUT2D eigenvalue weighted by atomic mass is 10.1. The fourth-order valence-corrected chi connectivity index (χ4v) is 3.28. The Bertz CT molecular complexity index is 767. The summed E-state index contributed by atoms with van der Waals surface area (Å²) in [6.07, 6.45) is 2.11. The van der Waals surface area contributed by atoms with Gasteiger partial charge in [0.1, 0.15) is 0 Å². The highest BCUT2D eigenvalue weighted by atomic mass is 32.2. The molecule has 0 spiro atoms. The van der Waals surface area contributed by atoms with Crippen LogP contribution >= 0.6 is 0 Å². The molecule has 0 aliphatic rings. The van der Waals surface area contributed by atoms with E-state index in [1.54, 1.807) is 24.3 Å². The summed E-state index contributed by atoms with van der Waals surface area (Å²) in [5, 5.41) is 3.24. The van der Waals surface area contributed by atoms with Crippen LogP contribution < -0.4 is 10.0 Å². The lowest BCUT2D eigenvalue weighted by Gasteiger charge is -2.08. The van der Waals surface area contributed by atoms with E-state index in [-0.39, 0.29) is 0 Å². The number of rotatable bonds is 8. The highest BCUT2D eigenvalue weighted by Gasteiger charge is 2.12. The van der Waals surface area contributed by atoms with Gasteiger partial charge in [0.2, 0.25) is 10.0 Å². The Morgan fingerprint density at radius 2 is 1.67 bits per heavy atom. The molecule has 2 aromatic rings. The molecule has 128 valence electrons. The first-order valence-electron chi connectivity index (χ1n) is 7.97. The average Bonchev–Trinajstić information content (AvgIpc) is 2.56. The van der Waals surface area contributed by atoms with Crippen molar-refractivity contribution in [1.82, 2.24) is 10.0 Å². The zero-order valence-electron chi connectivity index (χ0n) is 14.1. The molecule has 0 heterocycles. The molecule has 2 rings (SSSR count). The van der Waals surface area contributed by atoms with Gasteiger partial charge in [-0.15, -0.1) is 0 Å². The highest BCUT2D eigenvalue weighted by molar-refractivity contribution is 7.89. The Labute approximate surface area is 144 Å². The van der Waals surface area contributed by atoms with Crippen LogP contribution in [-0.4, -0.2) is 28.1 Å². The number of hydrogen-bond acceptors (Lipinski definition) is 3. The van der Waals surface area contributed by atoms with Crippen molar-refractivity contribution < 1.29 is 8.42 Å². The van der Waals surface area contributed by atoms with E-state index in [1.165, 1.54) is 5.57 Å². The van der Waals surface area contributed by atoms with Gasteiger partial charge >= 0.3 is 0 Å². The van der Waals surface area contributed by atoms with Gasteiger partial charge in [-0.1, -0.05) is 59.7 Å². The quantitative estimate of drug-likeness (QED) is 0.724. The van der Waals surface area contributed by atoms with Crippen LogP contribution in [0.5, 0.6) is 0 Å². The van der Waals surface area contributed by atoms with Crippen molar-refractivity contribution >= 4 is 16.1 Å². The number of aryl methyl sites for hydroxylation is 1. The van der Waals surface area contributed by atoms with Gasteiger partial charge in [-0.05, 0) is 31.5 Å². The van der Waals surface area contributed by atoms with E-state index in [1.807, 2.05) is 25.1 Å². The van der Waals surface area contributed by atoms with Crippen molar-refractivity contribution in [2.24, 2.45) is 0 Å². The van der Waals surface area contributed by atoms with Gasteiger partial charge in [-0.3, -0.25) is 0 Å². The Morgan fingerprint density at radius 3 is 2.33 bits per heavy atom. The van der Waals surface area contributed by atoms with Crippen LogP contribution in [0.4, 0.5) is 0 Å². The summed E-state index contributed by atoms with van der Waals surface area (Å²) < 4.78 is 26.9. The molecule has 0 aliphatic carbocycles. The molecule has 4 nitrogen and oxygen atoms in total. The third-order valence-corrected chi connectivity index (χ3v) is 5.02. The summed E-state index contributed by atoms with van der Waals surface area (Å²) in [5.41, 5.74) is 3.40. The molecule has 0 aromatic heterocycles. The zero-order valence-corrected chi connectivity index (χ0v) is 14.9. The predicted molar refractivity (Wildman–Crippen MR) is 99.3 cm³/mol. The Kier molecular flexibility index (Phi) is 6.73. The van der Waals surface area contributed by atoms with Crippen molar-refractivity contribution in [1.29, 1.82) is 0 Å². The normalized spacial score (nSPS) is 12.3. The number of sulfonamides is 1. The molecule has 0 saturated carbocycles. The molecule has 0 atom stereocenters. The third kappa shape index (κ3) is 5.92. The van der Waals surface area contributed by atoms with E-state index in [9.17, 15) is 8.42 Å². The van der Waals surface area contributed by atoms with E-state index in [0.717, 1.165) is 17.7 Å². The van der Waals surface area contributed by atoms with Crippen LogP contribution in [0.2, 0.25) is 0 Å². The second-order valence-corrected chi connectivity index (χ2v) is 7.56. The van der Waals surface area contributed by atoms with Crippen molar-refractivity contribution in [3.8, 4) is 0 Å². The van der Waals surface area contributed by atoms with Gasteiger partial charge in [0.25, 0.3) is 0 Å². The Morgan fingerprint density at radius 1 is 1.00 bits per heavy atom. The molecule has 5 heteroatoms. The highest BCUT2D eigenvalue weighted by Crippen LogP contribution is 2.09. The monoisotopic (exact) mass is 344 g/mol. The molecular formula is C19H24N2O2S. The smallest absolute Gasteiger partial charge is 0.240 e. The van der Waals surface area contributed by atoms with Crippen molar-refractivity contribution in [2.75, 3.05) is 19.6 Å². The molecule has 2 N–H and O–H groups in total. The van der Waals surface area contributed by atoms with E-state index in [4.69, 9.17) is 0 Å². The van der Waals surface area contributed by atoms with Gasteiger partial charge in [0, 0.05) is 19.6 Å². The van der Waals surface area contributed by atoms with Crippen LogP contribution in [0.3, 0.4) is 0 Å². The molecule has 0 bridgehead atoms. The second-order valence-electron chi connectivity index (χ2n) is 5.79. The first-order chi connectivity index (χ1) is 11.5. The van der Waals surface area contributed by atoms with Gasteiger partial charge in [0.05, 0.1) is 4.90 Å². The molecule has 0 aliphatic heterocycles. The van der Waals surface area contributed by atoms with Gasteiger partial charge in [-0.25, -0.2) is 13.1 Å². The van der Waals surface area contributed by atoms with Gasteiger partial charge in [0.15, 0.2) is 0 Å². The zero-order chi connectivity index (χ0) is 17.4. The van der Waals surface area contributed by atoms with Crippen LogP contribution in [-0.2, 0) is 10.0 Å².